The molecule has 130 valence electrons. The molecule has 1 unspecified atom stereocenters. The second-order valence-corrected chi connectivity index (χ2v) is 6.46. The summed E-state index contributed by atoms with van der Waals surface area (Å²) >= 11 is 11.8. The Morgan fingerprint density at radius 2 is 1.84 bits per heavy atom. The molecule has 4 rings (SSSR count). The maximum atomic E-state index is 14.6. The van der Waals surface area contributed by atoms with Crippen LogP contribution in [0.15, 0.2) is 36.7 Å². The second-order valence-electron chi connectivity index (χ2n) is 5.77. The fourth-order valence-corrected chi connectivity index (χ4v) is 3.49. The first kappa shape index (κ1) is 16.5. The van der Waals surface area contributed by atoms with E-state index in [-0.39, 0.29) is 22.5 Å². The molecule has 0 radical (unpaired) electrons. The summed E-state index contributed by atoms with van der Waals surface area (Å²) in [6, 6.07) is 7.94. The Hall–Kier alpha value is -1.99. The maximum Gasteiger partial charge on any atom is 0.225 e. The van der Waals surface area contributed by atoms with Crippen LogP contribution in [-0.2, 0) is 0 Å². The van der Waals surface area contributed by atoms with E-state index in [1.807, 2.05) is 6.07 Å². The SMILES string of the molecule is FC1[C@@H](Oc2ccccc2)C[C@@H](n2cnc3c(Cl)nc(Cl)nc32)[C@H]1F. The fourth-order valence-electron chi connectivity index (χ4n) is 3.07. The van der Waals surface area contributed by atoms with Crippen LogP contribution in [0.5, 0.6) is 5.75 Å². The molecule has 1 aromatic carbocycles. The number of ether oxygens (including phenoxy) is 1. The Balaban J connectivity index is 1.65. The lowest BCUT2D eigenvalue weighted by molar-refractivity contribution is 0.0864. The highest BCUT2D eigenvalue weighted by Crippen LogP contribution is 2.39. The van der Waals surface area contributed by atoms with Gasteiger partial charge in [-0.25, -0.2) is 18.7 Å². The molecule has 0 N–H and O–H groups in total. The monoisotopic (exact) mass is 384 g/mol. The highest BCUT2D eigenvalue weighted by molar-refractivity contribution is 6.35. The molecule has 25 heavy (non-hydrogen) atoms. The Bertz CT molecular complexity index is 908. The predicted octanol–water partition coefficient (Wildman–Crippen LogP) is 4.20. The molecular weight excluding hydrogens is 373 g/mol. The van der Waals surface area contributed by atoms with Crippen LogP contribution in [0, 0.1) is 0 Å². The van der Waals surface area contributed by atoms with Crippen LogP contribution in [0.25, 0.3) is 11.2 Å². The molecule has 2 aromatic heterocycles. The molecular formula is C16H12Cl2F2N4O. The van der Waals surface area contributed by atoms with Crippen LogP contribution in [0.3, 0.4) is 0 Å². The lowest BCUT2D eigenvalue weighted by atomic mass is 10.2. The van der Waals surface area contributed by atoms with Gasteiger partial charge in [-0.2, -0.15) is 4.98 Å². The summed E-state index contributed by atoms with van der Waals surface area (Å²) in [7, 11) is 0. The van der Waals surface area contributed by atoms with Crippen molar-refractivity contribution in [1.29, 1.82) is 0 Å². The van der Waals surface area contributed by atoms with Gasteiger partial charge in [0.15, 0.2) is 23.1 Å². The van der Waals surface area contributed by atoms with E-state index in [9.17, 15) is 8.78 Å². The van der Waals surface area contributed by atoms with Gasteiger partial charge in [0.05, 0.1) is 12.4 Å². The van der Waals surface area contributed by atoms with Gasteiger partial charge in [-0.1, -0.05) is 29.8 Å². The van der Waals surface area contributed by atoms with Crippen LogP contribution in [-0.4, -0.2) is 38.0 Å². The van der Waals surface area contributed by atoms with Crippen molar-refractivity contribution in [2.75, 3.05) is 0 Å². The van der Waals surface area contributed by atoms with Gasteiger partial charge in [0.1, 0.15) is 17.4 Å². The number of para-hydroxylation sites is 1. The van der Waals surface area contributed by atoms with Crippen molar-refractivity contribution in [3.05, 3.63) is 47.1 Å². The van der Waals surface area contributed by atoms with E-state index in [0.717, 1.165) is 0 Å². The Morgan fingerprint density at radius 1 is 1.08 bits per heavy atom. The number of fused-ring (bicyclic) bond motifs is 1. The predicted molar refractivity (Wildman–Crippen MR) is 89.6 cm³/mol. The minimum Gasteiger partial charge on any atom is -0.487 e. The number of benzene rings is 1. The minimum atomic E-state index is -1.77. The Labute approximate surface area is 151 Å². The van der Waals surface area contributed by atoms with E-state index in [1.165, 1.54) is 10.9 Å². The fraction of sp³-hybridized carbons (Fsp3) is 0.312. The number of rotatable bonds is 3. The second kappa shape index (κ2) is 6.38. The lowest BCUT2D eigenvalue weighted by Gasteiger charge is -2.15. The number of halogens is 4. The summed E-state index contributed by atoms with van der Waals surface area (Å²) in [5.41, 5.74) is 0.561. The molecule has 0 saturated heterocycles. The number of imidazole rings is 1. The van der Waals surface area contributed by atoms with E-state index < -0.39 is 24.5 Å². The average molecular weight is 385 g/mol. The molecule has 0 aliphatic heterocycles. The summed E-state index contributed by atoms with van der Waals surface area (Å²) in [4.78, 5) is 11.9. The third-order valence-corrected chi connectivity index (χ3v) is 4.67. The summed E-state index contributed by atoms with van der Waals surface area (Å²) in [5, 5.41) is -0.0161. The zero-order valence-electron chi connectivity index (χ0n) is 12.7. The third-order valence-electron chi connectivity index (χ3n) is 4.24. The molecule has 2 heterocycles. The summed E-state index contributed by atoms with van der Waals surface area (Å²) in [6.45, 7) is 0. The van der Waals surface area contributed by atoms with Gasteiger partial charge in [-0.05, 0) is 23.7 Å². The minimum absolute atomic E-state index is 0.0658. The first-order chi connectivity index (χ1) is 12.0. The van der Waals surface area contributed by atoms with Crippen LogP contribution in [0.2, 0.25) is 10.4 Å². The van der Waals surface area contributed by atoms with E-state index >= 15 is 0 Å². The van der Waals surface area contributed by atoms with Crippen molar-refractivity contribution in [2.24, 2.45) is 0 Å². The quantitative estimate of drug-likeness (QED) is 0.501. The Morgan fingerprint density at radius 3 is 2.60 bits per heavy atom. The summed E-state index contributed by atoms with van der Waals surface area (Å²) < 4.78 is 36.1. The van der Waals surface area contributed by atoms with Gasteiger partial charge in [-0.15, -0.1) is 0 Å². The van der Waals surface area contributed by atoms with E-state index in [2.05, 4.69) is 15.0 Å². The lowest BCUT2D eigenvalue weighted by Crippen LogP contribution is -2.27. The highest BCUT2D eigenvalue weighted by Gasteiger charge is 2.47. The first-order valence-corrected chi connectivity index (χ1v) is 8.35. The number of alkyl halides is 2. The van der Waals surface area contributed by atoms with Crippen molar-refractivity contribution in [1.82, 2.24) is 19.5 Å². The first-order valence-electron chi connectivity index (χ1n) is 7.60. The van der Waals surface area contributed by atoms with Gasteiger partial charge < -0.3 is 9.30 Å². The van der Waals surface area contributed by atoms with Crippen molar-refractivity contribution in [3.8, 4) is 5.75 Å². The van der Waals surface area contributed by atoms with E-state index in [4.69, 9.17) is 27.9 Å². The number of aromatic nitrogens is 4. The van der Waals surface area contributed by atoms with Gasteiger partial charge in [0, 0.05) is 6.42 Å². The van der Waals surface area contributed by atoms with Crippen molar-refractivity contribution >= 4 is 34.4 Å². The molecule has 5 nitrogen and oxygen atoms in total. The van der Waals surface area contributed by atoms with Crippen LogP contribution in [0.1, 0.15) is 12.5 Å². The van der Waals surface area contributed by atoms with Gasteiger partial charge in [0.2, 0.25) is 5.28 Å². The van der Waals surface area contributed by atoms with Crippen LogP contribution >= 0.6 is 23.2 Å². The number of nitrogens with zero attached hydrogens (tertiary/aromatic N) is 4. The zero-order valence-corrected chi connectivity index (χ0v) is 14.2. The van der Waals surface area contributed by atoms with Gasteiger partial charge in [-0.3, -0.25) is 0 Å². The molecule has 0 bridgehead atoms. The van der Waals surface area contributed by atoms with E-state index in [0.29, 0.717) is 11.3 Å². The number of hydrogen-bond acceptors (Lipinski definition) is 4. The molecule has 0 spiro atoms. The summed E-state index contributed by atoms with van der Waals surface area (Å²) in [6.07, 6.45) is -2.94. The normalized spacial score (nSPS) is 26.2. The van der Waals surface area contributed by atoms with E-state index in [1.54, 1.807) is 24.3 Å². The van der Waals surface area contributed by atoms with Gasteiger partial charge >= 0.3 is 0 Å². The standard InChI is InChI=1S/C16H12Cl2F2N4O/c17-14-13-15(23-16(18)22-14)24(7-21-13)9-6-10(12(20)11(9)19)25-8-4-2-1-3-5-8/h1-5,7,9-12H,6H2/t9-,10+,11-,12?/m1/s1. The maximum absolute atomic E-state index is 14.6. The average Bonchev–Trinajstić information content (AvgIpc) is 3.12. The molecule has 0 amide bonds. The molecule has 4 atom stereocenters. The largest absolute Gasteiger partial charge is 0.487 e. The highest BCUT2D eigenvalue weighted by atomic mass is 35.5. The van der Waals surface area contributed by atoms with Crippen molar-refractivity contribution < 1.29 is 13.5 Å². The van der Waals surface area contributed by atoms with Crippen LogP contribution < -0.4 is 4.74 Å². The molecule has 1 aliphatic rings. The molecule has 1 fully saturated rings. The van der Waals surface area contributed by atoms with Crippen LogP contribution in [0.4, 0.5) is 8.78 Å². The molecule has 1 saturated carbocycles. The summed E-state index contributed by atoms with van der Waals surface area (Å²) in [5.74, 6) is 0.493. The molecule has 1 aliphatic carbocycles. The zero-order chi connectivity index (χ0) is 17.6. The third kappa shape index (κ3) is 2.91. The smallest absolute Gasteiger partial charge is 0.225 e. The topological polar surface area (TPSA) is 52.8 Å². The number of hydrogen-bond donors (Lipinski definition) is 0. The van der Waals surface area contributed by atoms with Crippen molar-refractivity contribution in [2.45, 2.75) is 30.9 Å². The molecule has 3 aromatic rings. The van der Waals surface area contributed by atoms with Crippen molar-refractivity contribution in [3.63, 3.8) is 0 Å². The molecule has 9 heteroatoms. The Kier molecular flexibility index (Phi) is 4.21. The van der Waals surface area contributed by atoms with Gasteiger partial charge in [0.25, 0.3) is 0 Å².